The average molecular weight is 222 g/mol. The molecule has 0 unspecified atom stereocenters. The lowest BCUT2D eigenvalue weighted by Gasteiger charge is -1.80. The molecule has 0 aliphatic heterocycles. The number of carboxylic acids is 1. The number of thiazole rings is 1. The van der Waals surface area contributed by atoms with E-state index < -0.39 is 5.97 Å². The van der Waals surface area contributed by atoms with Crippen molar-refractivity contribution in [1.82, 2.24) is 4.98 Å². The number of hydrogen-bond donors (Lipinski definition) is 1. The summed E-state index contributed by atoms with van der Waals surface area (Å²) in [7, 11) is 0. The van der Waals surface area contributed by atoms with Crippen molar-refractivity contribution in [2.45, 2.75) is 6.42 Å². The van der Waals surface area contributed by atoms with E-state index in [1.807, 2.05) is 0 Å². The number of rotatable bonds is 3. The monoisotopic (exact) mass is 222 g/mol. The van der Waals surface area contributed by atoms with E-state index in [1.165, 1.54) is 16.7 Å². The van der Waals surface area contributed by atoms with E-state index in [9.17, 15) is 4.79 Å². The molecular formula is C8H6N4O2S. The van der Waals surface area contributed by atoms with Crippen LogP contribution in [0.4, 0.5) is 0 Å². The quantitative estimate of drug-likeness (QED) is 0.278. The Morgan fingerprint density at radius 2 is 2.60 bits per heavy atom. The second-order valence-corrected chi connectivity index (χ2v) is 3.21. The highest BCUT2D eigenvalue weighted by atomic mass is 32.1. The first-order valence-electron chi connectivity index (χ1n) is 3.92. The van der Waals surface area contributed by atoms with Gasteiger partial charge in [0, 0.05) is 23.3 Å². The molecule has 0 aliphatic rings. The highest BCUT2D eigenvalue weighted by Gasteiger charge is 2.06. The Kier molecular flexibility index (Phi) is 4.16. The molecule has 0 spiro atoms. The maximum Gasteiger partial charge on any atom is 0.355 e. The Hall–Kier alpha value is -2.03. The number of carbonyl (C=O) groups is 1. The van der Waals surface area contributed by atoms with Gasteiger partial charge in [0.25, 0.3) is 0 Å². The zero-order valence-electron chi connectivity index (χ0n) is 7.54. The Bertz CT molecular complexity index is 464. The first kappa shape index (κ1) is 11.0. The minimum Gasteiger partial charge on any atom is -0.476 e. The molecule has 0 fully saturated rings. The van der Waals surface area contributed by atoms with E-state index in [-0.39, 0.29) is 5.69 Å². The summed E-state index contributed by atoms with van der Waals surface area (Å²) in [6, 6.07) is 0. The molecule has 15 heavy (non-hydrogen) atoms. The molecule has 1 heterocycles. The van der Waals surface area contributed by atoms with Crippen LogP contribution in [0.5, 0.6) is 0 Å². The van der Waals surface area contributed by atoms with Crippen LogP contribution in [0.2, 0.25) is 0 Å². The number of nitrogens with zero attached hydrogens (tertiary/aromatic N) is 4. The van der Waals surface area contributed by atoms with Crippen LogP contribution in [-0.2, 0) is 0 Å². The molecule has 0 bridgehead atoms. The van der Waals surface area contributed by atoms with Crippen LogP contribution in [0.15, 0.2) is 10.5 Å². The van der Waals surface area contributed by atoms with Gasteiger partial charge in [-0.3, -0.25) is 0 Å². The summed E-state index contributed by atoms with van der Waals surface area (Å²) >= 11 is 1.17. The molecule has 76 valence electrons. The molecule has 0 saturated carbocycles. The fraction of sp³-hybridized carbons (Fsp3) is 0.250. The molecular weight excluding hydrogens is 216 g/mol. The van der Waals surface area contributed by atoms with Gasteiger partial charge >= 0.3 is 5.97 Å². The molecule has 1 N–H and O–H groups in total. The predicted molar refractivity (Wildman–Crippen MR) is 54.6 cm³/mol. The number of aromatic carboxylic acids is 1. The summed E-state index contributed by atoms with van der Waals surface area (Å²) < 4.78 is 0. The molecule has 0 aliphatic carbocycles. The van der Waals surface area contributed by atoms with Crippen molar-refractivity contribution in [3.63, 3.8) is 0 Å². The summed E-state index contributed by atoms with van der Waals surface area (Å²) in [4.78, 5) is 16.8. The lowest BCUT2D eigenvalue weighted by atomic mass is 10.4. The highest BCUT2D eigenvalue weighted by Crippen LogP contribution is 2.07. The van der Waals surface area contributed by atoms with Gasteiger partial charge in [0.1, 0.15) is 0 Å². The van der Waals surface area contributed by atoms with E-state index in [2.05, 4.69) is 26.9 Å². The fourth-order valence-electron chi connectivity index (χ4n) is 0.718. The normalized spacial score (nSPS) is 8.53. The Balaban J connectivity index is 2.56. The summed E-state index contributed by atoms with van der Waals surface area (Å²) in [5, 5.41) is 13.8. The molecule has 0 atom stereocenters. The van der Waals surface area contributed by atoms with Gasteiger partial charge in [-0.15, -0.1) is 11.3 Å². The van der Waals surface area contributed by atoms with Crippen LogP contribution in [0.3, 0.4) is 0 Å². The maximum absolute atomic E-state index is 10.5. The second-order valence-electron chi connectivity index (χ2n) is 2.35. The van der Waals surface area contributed by atoms with Gasteiger partial charge in [-0.25, -0.2) is 9.78 Å². The minimum absolute atomic E-state index is 0.000606. The topological polar surface area (TPSA) is 99.0 Å². The van der Waals surface area contributed by atoms with Gasteiger partial charge in [0.15, 0.2) is 10.7 Å². The lowest BCUT2D eigenvalue weighted by Crippen LogP contribution is -1.95. The fourth-order valence-corrected chi connectivity index (χ4v) is 1.38. The molecule has 1 aromatic heterocycles. The molecule has 0 amide bonds. The molecule has 7 heteroatoms. The van der Waals surface area contributed by atoms with Gasteiger partial charge in [0.2, 0.25) is 0 Å². The van der Waals surface area contributed by atoms with Crippen LogP contribution in [-0.4, -0.2) is 22.6 Å². The van der Waals surface area contributed by atoms with E-state index in [4.69, 9.17) is 10.6 Å². The van der Waals surface area contributed by atoms with Gasteiger partial charge in [0.05, 0.1) is 0 Å². The van der Waals surface area contributed by atoms with Crippen molar-refractivity contribution in [3.05, 3.63) is 26.5 Å². The first-order chi connectivity index (χ1) is 7.24. The van der Waals surface area contributed by atoms with Gasteiger partial charge in [-0.2, -0.15) is 0 Å². The van der Waals surface area contributed by atoms with Crippen molar-refractivity contribution in [2.75, 3.05) is 6.54 Å². The van der Waals surface area contributed by atoms with Crippen LogP contribution >= 0.6 is 11.3 Å². The minimum atomic E-state index is -1.06. The SMILES string of the molecule is [N-]=[N+]=NCCC#Cc1nc(C(=O)O)cs1. The highest BCUT2D eigenvalue weighted by molar-refractivity contribution is 7.10. The maximum atomic E-state index is 10.5. The van der Waals surface area contributed by atoms with Crippen LogP contribution in [0.25, 0.3) is 10.4 Å². The van der Waals surface area contributed by atoms with E-state index in [0.29, 0.717) is 18.0 Å². The Morgan fingerprint density at radius 3 is 3.20 bits per heavy atom. The Morgan fingerprint density at radius 1 is 1.80 bits per heavy atom. The molecule has 0 aromatic carbocycles. The first-order valence-corrected chi connectivity index (χ1v) is 4.80. The van der Waals surface area contributed by atoms with Crippen LogP contribution < -0.4 is 0 Å². The second kappa shape index (κ2) is 5.65. The summed E-state index contributed by atoms with van der Waals surface area (Å²) in [6.07, 6.45) is 0.437. The lowest BCUT2D eigenvalue weighted by molar-refractivity contribution is 0.0691. The molecule has 0 radical (unpaired) electrons. The average Bonchev–Trinajstić information content (AvgIpc) is 2.66. The molecule has 1 aromatic rings. The van der Waals surface area contributed by atoms with E-state index >= 15 is 0 Å². The molecule has 6 nitrogen and oxygen atoms in total. The van der Waals surface area contributed by atoms with E-state index in [0.717, 1.165) is 0 Å². The van der Waals surface area contributed by atoms with Crippen LogP contribution in [0.1, 0.15) is 21.9 Å². The van der Waals surface area contributed by atoms with Crippen molar-refractivity contribution in [2.24, 2.45) is 5.11 Å². The standard InChI is InChI=1S/C8H6N4O2S/c9-12-10-4-2-1-3-7-11-6(5-15-7)8(13)14/h5H,2,4H2,(H,13,14). The number of carboxylic acid groups (broad SMARTS) is 1. The van der Waals surface area contributed by atoms with E-state index in [1.54, 1.807) is 0 Å². The van der Waals surface area contributed by atoms with Crippen molar-refractivity contribution >= 4 is 17.3 Å². The van der Waals surface area contributed by atoms with Crippen molar-refractivity contribution in [1.29, 1.82) is 0 Å². The van der Waals surface area contributed by atoms with Gasteiger partial charge in [-0.05, 0) is 11.5 Å². The third-order valence-corrected chi connectivity index (χ3v) is 2.08. The van der Waals surface area contributed by atoms with Crippen molar-refractivity contribution in [3.8, 4) is 11.8 Å². The predicted octanol–water partition coefficient (Wildman–Crippen LogP) is 1.89. The summed E-state index contributed by atoms with van der Waals surface area (Å²) in [5.74, 6) is 4.36. The summed E-state index contributed by atoms with van der Waals surface area (Å²) in [6.45, 7) is 0.306. The number of azide groups is 1. The largest absolute Gasteiger partial charge is 0.476 e. The summed E-state index contributed by atoms with van der Waals surface area (Å²) in [5.41, 5.74) is 7.98. The smallest absolute Gasteiger partial charge is 0.355 e. The number of aromatic nitrogens is 1. The molecule has 1 rings (SSSR count). The zero-order chi connectivity index (χ0) is 11.1. The number of hydrogen-bond acceptors (Lipinski definition) is 4. The Labute approximate surface area is 89.2 Å². The zero-order valence-corrected chi connectivity index (χ0v) is 8.36. The third kappa shape index (κ3) is 3.68. The molecule has 0 saturated heterocycles. The van der Waals surface area contributed by atoms with Gasteiger partial charge < -0.3 is 5.11 Å². The van der Waals surface area contributed by atoms with Crippen LogP contribution in [0, 0.1) is 11.8 Å². The van der Waals surface area contributed by atoms with Crippen molar-refractivity contribution < 1.29 is 9.90 Å². The third-order valence-electron chi connectivity index (χ3n) is 1.32. The van der Waals surface area contributed by atoms with Gasteiger partial charge in [-0.1, -0.05) is 11.0 Å².